The molecule has 1 amide bonds. The Morgan fingerprint density at radius 3 is 2.50 bits per heavy atom. The molecule has 1 N–H and O–H groups in total. The van der Waals surface area contributed by atoms with E-state index < -0.39 is 17.4 Å². The molecule has 0 aliphatic heterocycles. The first-order valence-corrected chi connectivity index (χ1v) is 10.4. The molecule has 1 heterocycles. The van der Waals surface area contributed by atoms with Crippen molar-refractivity contribution in [3.8, 4) is 11.4 Å². The second-order valence-corrected chi connectivity index (χ2v) is 8.78. The third-order valence-electron chi connectivity index (χ3n) is 4.71. The number of rotatable bonds is 8. The van der Waals surface area contributed by atoms with Crippen LogP contribution < -0.4 is 15.7 Å². The van der Waals surface area contributed by atoms with Crippen molar-refractivity contribution in [2.75, 3.05) is 6.54 Å². The van der Waals surface area contributed by atoms with Crippen LogP contribution in [0, 0.1) is 11.2 Å². The molecule has 1 unspecified atom stereocenters. The van der Waals surface area contributed by atoms with Crippen molar-refractivity contribution in [2.45, 2.75) is 66.9 Å². The lowest BCUT2D eigenvalue weighted by Gasteiger charge is -2.21. The van der Waals surface area contributed by atoms with Crippen LogP contribution in [0.4, 0.5) is 4.39 Å². The van der Waals surface area contributed by atoms with Crippen LogP contribution in [-0.2, 0) is 13.5 Å². The van der Waals surface area contributed by atoms with E-state index >= 15 is 4.39 Å². The van der Waals surface area contributed by atoms with Crippen LogP contribution in [0.15, 0.2) is 16.9 Å². The number of nitrogens with zero attached hydrogens (tertiary/aromatic N) is 3. The van der Waals surface area contributed by atoms with Crippen molar-refractivity contribution in [1.29, 1.82) is 0 Å². The molecule has 0 saturated heterocycles. The van der Waals surface area contributed by atoms with Gasteiger partial charge in [0.05, 0.1) is 11.7 Å². The predicted octanol–water partition coefficient (Wildman–Crippen LogP) is 3.62. The predicted molar refractivity (Wildman–Crippen MR) is 115 cm³/mol. The molecule has 0 aliphatic rings. The second-order valence-electron chi connectivity index (χ2n) is 8.78. The van der Waals surface area contributed by atoms with Crippen LogP contribution in [0.2, 0.25) is 0 Å². The summed E-state index contributed by atoms with van der Waals surface area (Å²) in [5.41, 5.74) is -0.518. The molecule has 0 fully saturated rings. The molecule has 1 atom stereocenters. The van der Waals surface area contributed by atoms with Crippen LogP contribution in [0.3, 0.4) is 0 Å². The van der Waals surface area contributed by atoms with Gasteiger partial charge in [0.1, 0.15) is 23.1 Å². The van der Waals surface area contributed by atoms with E-state index in [-0.39, 0.29) is 28.5 Å². The zero-order chi connectivity index (χ0) is 22.6. The molecule has 0 saturated carbocycles. The molecule has 8 heteroatoms. The Balaban J connectivity index is 2.54. The number of aromatic nitrogens is 3. The number of hydrogen-bond donors (Lipinski definition) is 1. The lowest BCUT2D eigenvalue weighted by atomic mass is 9.97. The van der Waals surface area contributed by atoms with Gasteiger partial charge in [0.25, 0.3) is 5.91 Å². The zero-order valence-corrected chi connectivity index (χ0v) is 19.0. The third-order valence-corrected chi connectivity index (χ3v) is 4.71. The molecule has 30 heavy (non-hydrogen) atoms. The van der Waals surface area contributed by atoms with E-state index in [0.717, 1.165) is 23.6 Å². The first-order chi connectivity index (χ1) is 14.0. The van der Waals surface area contributed by atoms with Crippen LogP contribution in [0.25, 0.3) is 5.69 Å². The maximum absolute atomic E-state index is 15.0. The quantitative estimate of drug-likeness (QED) is 0.708. The maximum atomic E-state index is 15.0. The summed E-state index contributed by atoms with van der Waals surface area (Å²) in [5, 5.41) is 7.06. The van der Waals surface area contributed by atoms with Gasteiger partial charge in [-0.25, -0.2) is 9.18 Å². The standard InChI is InChI=1S/C22H33FN4O3/c1-8-10-14(3)30-18-12-17(27-21(29)26(7)19(9-2)25-27)16(23)11-15(18)20(28)24-13-22(4,5)6/h11-12,14H,8-10,13H2,1-7H3,(H,24,28). The van der Waals surface area contributed by atoms with Gasteiger partial charge in [0.15, 0.2) is 0 Å². The van der Waals surface area contributed by atoms with Crippen molar-refractivity contribution >= 4 is 5.91 Å². The van der Waals surface area contributed by atoms with Crippen molar-refractivity contribution in [2.24, 2.45) is 12.5 Å². The van der Waals surface area contributed by atoms with E-state index in [1.54, 1.807) is 7.05 Å². The van der Waals surface area contributed by atoms with Gasteiger partial charge in [0, 0.05) is 26.1 Å². The van der Waals surface area contributed by atoms with E-state index in [1.165, 1.54) is 10.6 Å². The van der Waals surface area contributed by atoms with Gasteiger partial charge < -0.3 is 10.1 Å². The number of amides is 1. The highest BCUT2D eigenvalue weighted by Crippen LogP contribution is 2.27. The Morgan fingerprint density at radius 2 is 1.97 bits per heavy atom. The Kier molecular flexibility index (Phi) is 7.44. The Hall–Kier alpha value is -2.64. The van der Waals surface area contributed by atoms with Gasteiger partial charge >= 0.3 is 5.69 Å². The highest BCUT2D eigenvalue weighted by atomic mass is 19.1. The highest BCUT2D eigenvalue weighted by molar-refractivity contribution is 5.97. The Morgan fingerprint density at radius 1 is 1.30 bits per heavy atom. The molecular weight excluding hydrogens is 387 g/mol. The molecule has 1 aromatic heterocycles. The zero-order valence-electron chi connectivity index (χ0n) is 19.0. The summed E-state index contributed by atoms with van der Waals surface area (Å²) >= 11 is 0. The number of ether oxygens (including phenoxy) is 1. The minimum atomic E-state index is -0.714. The lowest BCUT2D eigenvalue weighted by Crippen LogP contribution is -2.33. The molecule has 1 aromatic carbocycles. The van der Waals surface area contributed by atoms with Gasteiger partial charge in [-0.3, -0.25) is 9.36 Å². The maximum Gasteiger partial charge on any atom is 0.350 e. The first-order valence-electron chi connectivity index (χ1n) is 10.4. The fraction of sp³-hybridized carbons (Fsp3) is 0.591. The summed E-state index contributed by atoms with van der Waals surface area (Å²) in [6.07, 6.45) is 2.04. The Labute approximate surface area is 177 Å². The average molecular weight is 421 g/mol. The molecule has 2 rings (SSSR count). The molecule has 0 aliphatic carbocycles. The summed E-state index contributed by atoms with van der Waals surface area (Å²) in [6.45, 7) is 12.2. The lowest BCUT2D eigenvalue weighted by molar-refractivity contribution is 0.0931. The van der Waals surface area contributed by atoms with Crippen molar-refractivity contribution in [3.63, 3.8) is 0 Å². The minimum absolute atomic E-state index is 0.0404. The molecular formula is C22H33FN4O3. The van der Waals surface area contributed by atoms with E-state index in [9.17, 15) is 9.59 Å². The molecule has 0 spiro atoms. The molecule has 7 nitrogen and oxygen atoms in total. The number of halogens is 1. The average Bonchev–Trinajstić information content (AvgIpc) is 2.95. The number of carbonyl (C=O) groups is 1. The fourth-order valence-electron chi connectivity index (χ4n) is 3.05. The smallest absolute Gasteiger partial charge is 0.350 e. The topological polar surface area (TPSA) is 78.2 Å². The number of hydrogen-bond acceptors (Lipinski definition) is 4. The van der Waals surface area contributed by atoms with Gasteiger partial charge in [-0.1, -0.05) is 41.0 Å². The molecule has 0 radical (unpaired) electrons. The molecule has 166 valence electrons. The largest absolute Gasteiger partial charge is 0.490 e. The SMILES string of the molecule is CCCC(C)Oc1cc(-n2nc(CC)n(C)c2=O)c(F)cc1C(=O)NCC(C)(C)C. The van der Waals surface area contributed by atoms with Gasteiger partial charge in [-0.15, -0.1) is 5.10 Å². The normalized spacial score (nSPS) is 12.7. The summed E-state index contributed by atoms with van der Waals surface area (Å²) < 4.78 is 23.4. The third kappa shape index (κ3) is 5.49. The monoisotopic (exact) mass is 420 g/mol. The van der Waals surface area contributed by atoms with Crippen LogP contribution in [-0.4, -0.2) is 32.9 Å². The van der Waals surface area contributed by atoms with E-state index in [1.807, 2.05) is 41.5 Å². The van der Waals surface area contributed by atoms with Crippen molar-refractivity contribution < 1.29 is 13.9 Å². The van der Waals surface area contributed by atoms with Gasteiger partial charge in [-0.05, 0) is 24.8 Å². The Bertz CT molecular complexity index is 957. The second kappa shape index (κ2) is 9.45. The van der Waals surface area contributed by atoms with Crippen molar-refractivity contribution in [3.05, 3.63) is 39.8 Å². The molecule has 2 aromatic rings. The first kappa shape index (κ1) is 23.6. The van der Waals surface area contributed by atoms with Crippen LogP contribution >= 0.6 is 0 Å². The summed E-state index contributed by atoms with van der Waals surface area (Å²) in [5.74, 6) is -0.367. The fourth-order valence-corrected chi connectivity index (χ4v) is 3.05. The van der Waals surface area contributed by atoms with Gasteiger partial charge in [-0.2, -0.15) is 4.68 Å². The minimum Gasteiger partial charge on any atom is -0.490 e. The van der Waals surface area contributed by atoms with E-state index in [2.05, 4.69) is 10.4 Å². The summed E-state index contributed by atoms with van der Waals surface area (Å²) in [7, 11) is 1.59. The van der Waals surface area contributed by atoms with Crippen LogP contribution in [0.1, 0.15) is 70.6 Å². The van der Waals surface area contributed by atoms with Crippen molar-refractivity contribution in [1.82, 2.24) is 19.7 Å². The number of carbonyl (C=O) groups excluding carboxylic acids is 1. The molecule has 0 bridgehead atoms. The van der Waals surface area contributed by atoms with Crippen LogP contribution in [0.5, 0.6) is 5.75 Å². The summed E-state index contributed by atoms with van der Waals surface area (Å²) in [4.78, 5) is 25.3. The van der Waals surface area contributed by atoms with E-state index in [0.29, 0.717) is 18.8 Å². The highest BCUT2D eigenvalue weighted by Gasteiger charge is 2.23. The number of nitrogens with one attached hydrogen (secondary N) is 1. The number of aryl methyl sites for hydroxylation is 1. The summed E-state index contributed by atoms with van der Waals surface area (Å²) in [6, 6.07) is 2.51. The van der Waals surface area contributed by atoms with Gasteiger partial charge in [0.2, 0.25) is 0 Å². The van der Waals surface area contributed by atoms with E-state index in [4.69, 9.17) is 4.74 Å². The number of benzene rings is 1.